The van der Waals surface area contributed by atoms with E-state index in [0.29, 0.717) is 36.0 Å². The van der Waals surface area contributed by atoms with Crippen molar-refractivity contribution in [2.24, 2.45) is 5.92 Å². The molecular formula is C29H32N6O. The van der Waals surface area contributed by atoms with Gasteiger partial charge in [-0.05, 0) is 86.6 Å². The summed E-state index contributed by atoms with van der Waals surface area (Å²) in [6, 6.07) is 15.7. The maximum absolute atomic E-state index is 13.4. The number of benzene rings is 1. The largest absolute Gasteiger partial charge is 0.383 e. The predicted molar refractivity (Wildman–Crippen MR) is 145 cm³/mol. The summed E-state index contributed by atoms with van der Waals surface area (Å²) in [4.78, 5) is 29.0. The number of piperidine rings is 1. The van der Waals surface area contributed by atoms with Crippen molar-refractivity contribution in [3.63, 3.8) is 0 Å². The molecule has 184 valence electrons. The van der Waals surface area contributed by atoms with Crippen molar-refractivity contribution in [3.8, 4) is 11.3 Å². The molecule has 4 aromatic rings. The Morgan fingerprint density at radius 3 is 2.78 bits per heavy atom. The molecule has 1 aromatic carbocycles. The number of carbonyl (C=O) groups is 1. The molecule has 0 amide bonds. The van der Waals surface area contributed by atoms with Crippen LogP contribution in [0, 0.1) is 5.92 Å². The molecule has 36 heavy (non-hydrogen) atoms. The third-order valence-electron chi connectivity index (χ3n) is 7.05. The highest BCUT2D eigenvalue weighted by Gasteiger charge is 2.19. The molecule has 0 bridgehead atoms. The first-order chi connectivity index (χ1) is 17.6. The molecule has 7 heteroatoms. The van der Waals surface area contributed by atoms with Gasteiger partial charge in [0.25, 0.3) is 0 Å². The van der Waals surface area contributed by atoms with Crippen LogP contribution in [-0.2, 0) is 6.42 Å². The molecule has 1 aliphatic heterocycles. The maximum atomic E-state index is 13.4. The van der Waals surface area contributed by atoms with E-state index in [1.165, 1.54) is 0 Å². The minimum Gasteiger partial charge on any atom is -0.383 e. The lowest BCUT2D eigenvalue weighted by Crippen LogP contribution is -2.33. The fraction of sp³-hybridized carbons (Fsp3) is 0.310. The van der Waals surface area contributed by atoms with Crippen LogP contribution in [-0.4, -0.2) is 52.3 Å². The van der Waals surface area contributed by atoms with E-state index in [4.69, 9.17) is 10.7 Å². The monoisotopic (exact) mass is 480 g/mol. The predicted octanol–water partition coefficient (Wildman–Crippen LogP) is 4.84. The van der Waals surface area contributed by atoms with E-state index >= 15 is 0 Å². The minimum atomic E-state index is 0.0838. The molecule has 1 aliphatic rings. The summed E-state index contributed by atoms with van der Waals surface area (Å²) in [6.45, 7) is 3.03. The van der Waals surface area contributed by atoms with Crippen LogP contribution in [0.1, 0.15) is 35.2 Å². The zero-order valence-corrected chi connectivity index (χ0v) is 20.7. The number of nitrogen functional groups attached to an aromatic ring is 1. The van der Waals surface area contributed by atoms with E-state index in [2.05, 4.69) is 33.3 Å². The summed E-state index contributed by atoms with van der Waals surface area (Å²) >= 11 is 0. The Balaban J connectivity index is 1.34. The Kier molecular flexibility index (Phi) is 7.18. The molecule has 5 rings (SSSR count). The summed E-state index contributed by atoms with van der Waals surface area (Å²) in [5, 5.41) is 5.50. The number of Topliss-reactive ketones (excluding diaryl/α,β-unsaturated/α-hetero) is 1. The van der Waals surface area contributed by atoms with Crippen LogP contribution in [0.4, 0.5) is 11.6 Å². The summed E-state index contributed by atoms with van der Waals surface area (Å²) in [7, 11) is 2.17. The molecule has 0 unspecified atom stereocenters. The summed E-state index contributed by atoms with van der Waals surface area (Å²) in [5.74, 6) is 1.85. The molecule has 3 N–H and O–H groups in total. The number of rotatable bonds is 8. The Morgan fingerprint density at radius 1 is 1.11 bits per heavy atom. The molecular weight excluding hydrogens is 448 g/mol. The number of anilines is 2. The van der Waals surface area contributed by atoms with Crippen molar-refractivity contribution in [1.82, 2.24) is 19.9 Å². The zero-order chi connectivity index (χ0) is 24.9. The highest BCUT2D eigenvalue weighted by molar-refractivity contribution is 6.01. The van der Waals surface area contributed by atoms with E-state index in [0.717, 1.165) is 60.1 Å². The van der Waals surface area contributed by atoms with Crippen molar-refractivity contribution in [1.29, 1.82) is 0 Å². The number of pyridine rings is 3. The van der Waals surface area contributed by atoms with Crippen molar-refractivity contribution >= 4 is 28.2 Å². The number of nitrogens with one attached hydrogen (secondary N) is 1. The van der Waals surface area contributed by atoms with Gasteiger partial charge in [0.2, 0.25) is 0 Å². The minimum absolute atomic E-state index is 0.0838. The maximum Gasteiger partial charge on any atom is 0.166 e. The summed E-state index contributed by atoms with van der Waals surface area (Å²) < 4.78 is 0. The van der Waals surface area contributed by atoms with E-state index in [1.54, 1.807) is 18.6 Å². The first-order valence-electron chi connectivity index (χ1n) is 12.6. The van der Waals surface area contributed by atoms with Crippen LogP contribution in [0.5, 0.6) is 0 Å². The van der Waals surface area contributed by atoms with Gasteiger partial charge in [-0.15, -0.1) is 0 Å². The van der Waals surface area contributed by atoms with Crippen molar-refractivity contribution in [2.75, 3.05) is 37.7 Å². The number of carbonyl (C=O) groups excluding carboxylic acids is 1. The molecule has 0 atom stereocenters. The van der Waals surface area contributed by atoms with Crippen LogP contribution in [0.25, 0.3) is 22.0 Å². The number of fused-ring (bicyclic) bond motifs is 1. The van der Waals surface area contributed by atoms with Gasteiger partial charge in [0, 0.05) is 42.5 Å². The van der Waals surface area contributed by atoms with Gasteiger partial charge in [0.05, 0.1) is 11.3 Å². The van der Waals surface area contributed by atoms with Crippen LogP contribution >= 0.6 is 0 Å². The molecule has 0 spiro atoms. The molecule has 7 nitrogen and oxygen atoms in total. The number of aromatic nitrogens is 3. The lowest BCUT2D eigenvalue weighted by molar-refractivity contribution is 0.0983. The van der Waals surface area contributed by atoms with Gasteiger partial charge >= 0.3 is 0 Å². The second kappa shape index (κ2) is 10.8. The van der Waals surface area contributed by atoms with Crippen LogP contribution in [0.2, 0.25) is 0 Å². The summed E-state index contributed by atoms with van der Waals surface area (Å²) in [5.41, 5.74) is 9.47. The standard InChI is InChI=1S/C29H32N6O/c1-35-15-11-21(12-16-35)18-33-29-25(7-8-26(34-29)23-3-2-13-31-19-23)27(36)9-5-20-4-6-24-22(17-20)10-14-32-28(24)30/h2-4,6-8,10,13-14,17,19,21H,5,9,11-12,15-16,18H2,1H3,(H2,30,32)(H,33,34). The van der Waals surface area contributed by atoms with Crippen LogP contribution < -0.4 is 11.1 Å². The van der Waals surface area contributed by atoms with E-state index < -0.39 is 0 Å². The Bertz CT molecular complexity index is 1350. The number of nitrogens with two attached hydrogens (primary N) is 1. The Morgan fingerprint density at radius 2 is 1.97 bits per heavy atom. The highest BCUT2D eigenvalue weighted by Crippen LogP contribution is 2.25. The second-order valence-electron chi connectivity index (χ2n) is 9.64. The number of hydrogen-bond acceptors (Lipinski definition) is 7. The first kappa shape index (κ1) is 23.9. The van der Waals surface area contributed by atoms with Crippen molar-refractivity contribution in [2.45, 2.75) is 25.7 Å². The van der Waals surface area contributed by atoms with E-state index in [-0.39, 0.29) is 5.78 Å². The lowest BCUT2D eigenvalue weighted by Gasteiger charge is -2.29. The van der Waals surface area contributed by atoms with Crippen LogP contribution in [0.15, 0.2) is 67.1 Å². The van der Waals surface area contributed by atoms with E-state index in [1.807, 2.05) is 42.5 Å². The number of nitrogens with zero attached hydrogens (tertiary/aromatic N) is 4. The van der Waals surface area contributed by atoms with Gasteiger partial charge in [-0.1, -0.05) is 18.2 Å². The van der Waals surface area contributed by atoms with Gasteiger partial charge in [-0.3, -0.25) is 9.78 Å². The fourth-order valence-electron chi connectivity index (χ4n) is 4.80. The Labute approximate surface area is 211 Å². The highest BCUT2D eigenvalue weighted by atomic mass is 16.1. The SMILES string of the molecule is CN1CCC(CNc2nc(-c3cccnc3)ccc2C(=O)CCc2ccc3c(N)nccc3c2)CC1. The fourth-order valence-corrected chi connectivity index (χ4v) is 4.80. The molecule has 0 radical (unpaired) electrons. The molecule has 1 fully saturated rings. The summed E-state index contributed by atoms with van der Waals surface area (Å²) in [6.07, 6.45) is 8.61. The normalized spacial score (nSPS) is 14.7. The average molecular weight is 481 g/mol. The molecule has 4 heterocycles. The number of ketones is 1. The van der Waals surface area contributed by atoms with Crippen molar-refractivity contribution in [3.05, 3.63) is 78.2 Å². The molecule has 3 aromatic heterocycles. The third kappa shape index (κ3) is 5.52. The second-order valence-corrected chi connectivity index (χ2v) is 9.64. The number of hydrogen-bond donors (Lipinski definition) is 2. The topological polar surface area (TPSA) is 97.0 Å². The van der Waals surface area contributed by atoms with Crippen molar-refractivity contribution < 1.29 is 4.79 Å². The smallest absolute Gasteiger partial charge is 0.166 e. The number of likely N-dealkylation sites (tertiary alicyclic amines) is 1. The molecule has 0 aliphatic carbocycles. The van der Waals surface area contributed by atoms with Gasteiger partial charge in [0.1, 0.15) is 11.6 Å². The van der Waals surface area contributed by atoms with Gasteiger partial charge < -0.3 is 16.0 Å². The quantitative estimate of drug-likeness (QED) is 0.348. The van der Waals surface area contributed by atoms with Gasteiger partial charge in [-0.25, -0.2) is 9.97 Å². The van der Waals surface area contributed by atoms with Gasteiger partial charge in [-0.2, -0.15) is 0 Å². The Hall–Kier alpha value is -3.84. The molecule has 1 saturated heterocycles. The lowest BCUT2D eigenvalue weighted by atomic mass is 9.97. The number of aryl methyl sites for hydroxylation is 1. The molecule has 0 saturated carbocycles. The third-order valence-corrected chi connectivity index (χ3v) is 7.05. The first-order valence-corrected chi connectivity index (χ1v) is 12.6. The van der Waals surface area contributed by atoms with E-state index in [9.17, 15) is 4.79 Å². The van der Waals surface area contributed by atoms with Crippen LogP contribution in [0.3, 0.4) is 0 Å². The average Bonchev–Trinajstić information content (AvgIpc) is 2.92. The zero-order valence-electron chi connectivity index (χ0n) is 20.7. The van der Waals surface area contributed by atoms with Gasteiger partial charge in [0.15, 0.2) is 5.78 Å².